The molecule has 1 aromatic carbocycles. The van der Waals surface area contributed by atoms with E-state index in [4.69, 9.17) is 0 Å². The molecule has 158 valence electrons. The molecular weight excluding hydrogens is 467 g/mol. The molecule has 28 heavy (non-hydrogen) atoms. The number of anilines is 1. The summed E-state index contributed by atoms with van der Waals surface area (Å²) in [5.74, 6) is 1.34. The van der Waals surface area contributed by atoms with Crippen molar-refractivity contribution in [2.45, 2.75) is 13.0 Å². The fourth-order valence-corrected chi connectivity index (χ4v) is 3.85. The molecule has 8 heteroatoms. The van der Waals surface area contributed by atoms with Gasteiger partial charge in [0.15, 0.2) is 5.96 Å². The second kappa shape index (κ2) is 11.1. The van der Waals surface area contributed by atoms with Crippen molar-refractivity contribution in [3.8, 4) is 5.75 Å². The number of aromatic hydroxyl groups is 1. The van der Waals surface area contributed by atoms with Crippen LogP contribution < -0.4 is 10.2 Å². The summed E-state index contributed by atoms with van der Waals surface area (Å²) in [6, 6.07) is 8.07. The first-order valence-corrected chi connectivity index (χ1v) is 9.99. The Morgan fingerprint density at radius 3 is 2.32 bits per heavy atom. The molecule has 0 aliphatic carbocycles. The van der Waals surface area contributed by atoms with Crippen LogP contribution in [-0.4, -0.2) is 105 Å². The summed E-state index contributed by atoms with van der Waals surface area (Å²) in [7, 11) is 4.05. The van der Waals surface area contributed by atoms with Gasteiger partial charge in [-0.15, -0.1) is 24.0 Å². The standard InChI is InChI=1S/C20H34N6O.HI/c1-17(24-10-8-23(3)9-11-24)16-22-20(21-2)26-14-12-25(13-15-26)18-6-4-5-7-19(18)27;/h4-7,17,27H,8-16H2,1-3H3,(H,21,22);1H. The molecule has 0 amide bonds. The first-order chi connectivity index (χ1) is 13.1. The van der Waals surface area contributed by atoms with Crippen LogP contribution in [0, 0.1) is 0 Å². The average molecular weight is 502 g/mol. The number of hydrogen-bond donors (Lipinski definition) is 2. The summed E-state index contributed by atoms with van der Waals surface area (Å²) in [6.45, 7) is 11.3. The van der Waals surface area contributed by atoms with Gasteiger partial charge in [0.1, 0.15) is 5.75 Å². The average Bonchev–Trinajstić information content (AvgIpc) is 2.70. The second-order valence-electron chi connectivity index (χ2n) is 7.58. The lowest BCUT2D eigenvalue weighted by molar-refractivity contribution is 0.119. The van der Waals surface area contributed by atoms with Crippen molar-refractivity contribution in [3.05, 3.63) is 24.3 Å². The lowest BCUT2D eigenvalue weighted by atomic mass is 10.2. The molecule has 1 aromatic rings. The van der Waals surface area contributed by atoms with Gasteiger partial charge in [-0.1, -0.05) is 12.1 Å². The number of nitrogens with zero attached hydrogens (tertiary/aromatic N) is 5. The maximum atomic E-state index is 10.1. The van der Waals surface area contributed by atoms with E-state index in [1.165, 1.54) is 0 Å². The topological polar surface area (TPSA) is 57.6 Å². The highest BCUT2D eigenvalue weighted by Gasteiger charge is 2.23. The number of halogens is 1. The molecule has 1 unspecified atom stereocenters. The van der Waals surface area contributed by atoms with Crippen molar-refractivity contribution >= 4 is 35.6 Å². The molecule has 2 aliphatic rings. The summed E-state index contributed by atoms with van der Waals surface area (Å²) < 4.78 is 0. The van der Waals surface area contributed by atoms with E-state index >= 15 is 0 Å². The van der Waals surface area contributed by atoms with Crippen LogP contribution >= 0.6 is 24.0 Å². The van der Waals surface area contributed by atoms with E-state index in [1.54, 1.807) is 6.07 Å². The van der Waals surface area contributed by atoms with Crippen molar-refractivity contribution in [1.29, 1.82) is 0 Å². The molecule has 0 saturated carbocycles. The number of hydrogen-bond acceptors (Lipinski definition) is 5. The second-order valence-corrected chi connectivity index (χ2v) is 7.58. The van der Waals surface area contributed by atoms with Crippen LogP contribution in [0.1, 0.15) is 6.92 Å². The quantitative estimate of drug-likeness (QED) is 0.369. The van der Waals surface area contributed by atoms with Gasteiger partial charge in [0.2, 0.25) is 0 Å². The van der Waals surface area contributed by atoms with E-state index in [9.17, 15) is 5.11 Å². The Hall–Kier alpha value is -1.26. The van der Waals surface area contributed by atoms with Gasteiger partial charge in [0.25, 0.3) is 0 Å². The zero-order valence-electron chi connectivity index (χ0n) is 17.3. The minimum atomic E-state index is 0. The van der Waals surface area contributed by atoms with E-state index in [0.29, 0.717) is 11.8 Å². The van der Waals surface area contributed by atoms with Crippen molar-refractivity contribution in [3.63, 3.8) is 0 Å². The highest BCUT2D eigenvalue weighted by molar-refractivity contribution is 14.0. The molecule has 1 atom stereocenters. The van der Waals surface area contributed by atoms with Crippen LogP contribution in [0.2, 0.25) is 0 Å². The molecule has 2 N–H and O–H groups in total. The van der Waals surface area contributed by atoms with E-state index in [1.807, 2.05) is 25.2 Å². The largest absolute Gasteiger partial charge is 0.506 e. The summed E-state index contributed by atoms with van der Waals surface area (Å²) in [6.07, 6.45) is 0. The number of guanidine groups is 1. The van der Waals surface area contributed by atoms with Gasteiger partial charge in [0.05, 0.1) is 5.69 Å². The smallest absolute Gasteiger partial charge is 0.193 e. The van der Waals surface area contributed by atoms with Crippen LogP contribution in [0.15, 0.2) is 29.3 Å². The molecule has 7 nitrogen and oxygen atoms in total. The molecular formula is C20H35IN6O. The monoisotopic (exact) mass is 502 g/mol. The Bertz CT molecular complexity index is 627. The summed E-state index contributed by atoms with van der Waals surface area (Å²) >= 11 is 0. The lowest BCUT2D eigenvalue weighted by Gasteiger charge is -2.39. The summed E-state index contributed by atoms with van der Waals surface area (Å²) in [4.78, 5) is 14.0. The predicted octanol–water partition coefficient (Wildman–Crippen LogP) is 1.34. The summed E-state index contributed by atoms with van der Waals surface area (Å²) in [5, 5.41) is 13.6. The van der Waals surface area contributed by atoms with Gasteiger partial charge in [0, 0.05) is 72.0 Å². The van der Waals surface area contributed by atoms with Crippen molar-refractivity contribution < 1.29 is 5.11 Å². The van der Waals surface area contributed by atoms with Crippen LogP contribution in [0.3, 0.4) is 0 Å². The highest BCUT2D eigenvalue weighted by atomic mass is 127. The molecule has 2 fully saturated rings. The van der Waals surface area contributed by atoms with Gasteiger partial charge in [-0.3, -0.25) is 9.89 Å². The molecule has 0 bridgehead atoms. The third kappa shape index (κ3) is 5.87. The van der Waals surface area contributed by atoms with E-state index in [-0.39, 0.29) is 24.0 Å². The maximum Gasteiger partial charge on any atom is 0.193 e. The Morgan fingerprint density at radius 1 is 1.07 bits per heavy atom. The Balaban J connectivity index is 0.00000280. The van der Waals surface area contributed by atoms with Gasteiger partial charge >= 0.3 is 0 Å². The number of likely N-dealkylation sites (N-methyl/N-ethyl adjacent to an activating group) is 1. The number of para-hydroxylation sites is 2. The molecule has 3 rings (SSSR count). The predicted molar refractivity (Wildman–Crippen MR) is 127 cm³/mol. The van der Waals surface area contributed by atoms with Crippen molar-refractivity contribution in [2.24, 2.45) is 4.99 Å². The van der Waals surface area contributed by atoms with E-state index < -0.39 is 0 Å². The van der Waals surface area contributed by atoms with E-state index in [0.717, 1.165) is 70.5 Å². The molecule has 2 saturated heterocycles. The van der Waals surface area contributed by atoms with Crippen molar-refractivity contribution in [2.75, 3.05) is 77.9 Å². The number of phenols is 1. The zero-order valence-corrected chi connectivity index (χ0v) is 19.7. The van der Waals surface area contributed by atoms with E-state index in [2.05, 4.69) is 43.9 Å². The third-order valence-corrected chi connectivity index (χ3v) is 5.73. The Labute approximate surface area is 186 Å². The minimum absolute atomic E-state index is 0. The molecule has 0 radical (unpaired) electrons. The molecule has 0 spiro atoms. The van der Waals surface area contributed by atoms with Gasteiger partial charge in [-0.25, -0.2) is 0 Å². The SMILES string of the molecule is CN=C(NCC(C)N1CCN(C)CC1)N1CCN(c2ccccc2O)CC1.I. The van der Waals surface area contributed by atoms with Gasteiger partial charge in [-0.05, 0) is 26.1 Å². The molecule has 2 aliphatic heterocycles. The Kier molecular flexibility index (Phi) is 9.10. The first-order valence-electron chi connectivity index (χ1n) is 9.99. The summed E-state index contributed by atoms with van der Waals surface area (Å²) in [5.41, 5.74) is 0.920. The Morgan fingerprint density at radius 2 is 1.71 bits per heavy atom. The van der Waals surface area contributed by atoms with Crippen LogP contribution in [0.4, 0.5) is 5.69 Å². The fourth-order valence-electron chi connectivity index (χ4n) is 3.85. The normalized spacial score (nSPS) is 20.6. The van der Waals surface area contributed by atoms with Crippen LogP contribution in [0.5, 0.6) is 5.75 Å². The number of rotatable bonds is 4. The number of benzene rings is 1. The van der Waals surface area contributed by atoms with Crippen molar-refractivity contribution in [1.82, 2.24) is 20.0 Å². The molecule has 2 heterocycles. The lowest BCUT2D eigenvalue weighted by Crippen LogP contribution is -2.55. The number of aliphatic imine (C=N–C) groups is 1. The fraction of sp³-hybridized carbons (Fsp3) is 0.650. The molecule has 0 aromatic heterocycles. The number of piperazine rings is 2. The van der Waals surface area contributed by atoms with Crippen LogP contribution in [0.25, 0.3) is 0 Å². The third-order valence-electron chi connectivity index (χ3n) is 5.73. The number of nitrogens with one attached hydrogen (secondary N) is 1. The maximum absolute atomic E-state index is 10.1. The number of phenolic OH excluding ortho intramolecular Hbond substituents is 1. The zero-order chi connectivity index (χ0) is 19.2. The van der Waals surface area contributed by atoms with Gasteiger partial charge in [-0.2, -0.15) is 0 Å². The first kappa shape index (κ1) is 23.0. The highest BCUT2D eigenvalue weighted by Crippen LogP contribution is 2.27. The van der Waals surface area contributed by atoms with Gasteiger partial charge < -0.3 is 25.1 Å². The minimum Gasteiger partial charge on any atom is -0.506 e. The van der Waals surface area contributed by atoms with Crippen LogP contribution in [-0.2, 0) is 0 Å².